The molecule has 110 valence electrons. The second-order valence-electron chi connectivity index (χ2n) is 4.75. The van der Waals surface area contributed by atoms with E-state index >= 15 is 0 Å². The van der Waals surface area contributed by atoms with Crippen molar-refractivity contribution in [2.75, 3.05) is 13.7 Å². The molecule has 0 saturated carbocycles. The molecule has 1 atom stereocenters. The van der Waals surface area contributed by atoms with Crippen molar-refractivity contribution in [3.63, 3.8) is 0 Å². The van der Waals surface area contributed by atoms with Crippen LogP contribution >= 0.6 is 11.6 Å². The largest absolute Gasteiger partial charge is 0.492 e. The molecule has 0 fully saturated rings. The molecule has 0 bridgehead atoms. The molecule has 3 nitrogen and oxygen atoms in total. The van der Waals surface area contributed by atoms with Gasteiger partial charge >= 0.3 is 5.97 Å². The summed E-state index contributed by atoms with van der Waals surface area (Å²) in [6.07, 6.45) is 0. The molecule has 0 amide bonds. The van der Waals surface area contributed by atoms with Gasteiger partial charge in [-0.3, -0.25) is 4.79 Å². The number of rotatable bonds is 5. The Kier molecular flexibility index (Phi) is 5.23. The first kappa shape index (κ1) is 15.4. The lowest BCUT2D eigenvalue weighted by Crippen LogP contribution is -2.21. The van der Waals surface area contributed by atoms with E-state index in [0.29, 0.717) is 10.8 Å². The maximum atomic E-state index is 12.0. The molecule has 2 aromatic carbocycles. The molecule has 0 aromatic heterocycles. The number of aryl methyl sites for hydroxylation is 1. The summed E-state index contributed by atoms with van der Waals surface area (Å²) in [5.41, 5.74) is 2.01. The van der Waals surface area contributed by atoms with Crippen molar-refractivity contribution in [2.45, 2.75) is 12.8 Å². The molecule has 0 radical (unpaired) electrons. The molecule has 0 spiro atoms. The molecule has 0 aliphatic rings. The summed E-state index contributed by atoms with van der Waals surface area (Å²) in [6.45, 7) is 2.20. The number of hydrogen-bond acceptors (Lipinski definition) is 3. The van der Waals surface area contributed by atoms with Gasteiger partial charge in [-0.25, -0.2) is 0 Å². The second-order valence-corrected chi connectivity index (χ2v) is 5.19. The SMILES string of the molecule is COC(=O)C(COc1cccc(Cl)c1)c1ccc(C)cc1. The van der Waals surface area contributed by atoms with Gasteiger partial charge in [0.05, 0.1) is 7.11 Å². The summed E-state index contributed by atoms with van der Waals surface area (Å²) < 4.78 is 10.5. The van der Waals surface area contributed by atoms with Crippen LogP contribution in [0.25, 0.3) is 0 Å². The Labute approximate surface area is 129 Å². The van der Waals surface area contributed by atoms with Crippen LogP contribution in [0.4, 0.5) is 0 Å². The van der Waals surface area contributed by atoms with Crippen LogP contribution in [0.2, 0.25) is 5.02 Å². The van der Waals surface area contributed by atoms with E-state index in [1.807, 2.05) is 31.2 Å². The summed E-state index contributed by atoms with van der Waals surface area (Å²) in [6, 6.07) is 14.8. The maximum absolute atomic E-state index is 12.0. The Balaban J connectivity index is 2.13. The highest BCUT2D eigenvalue weighted by Crippen LogP contribution is 2.22. The van der Waals surface area contributed by atoms with Gasteiger partial charge in [-0.2, -0.15) is 0 Å². The van der Waals surface area contributed by atoms with E-state index in [0.717, 1.165) is 11.1 Å². The van der Waals surface area contributed by atoms with Crippen LogP contribution in [-0.4, -0.2) is 19.7 Å². The molecular formula is C17H17ClO3. The van der Waals surface area contributed by atoms with Crippen molar-refractivity contribution in [1.29, 1.82) is 0 Å². The summed E-state index contributed by atoms with van der Waals surface area (Å²) in [7, 11) is 1.38. The fraction of sp³-hybridized carbons (Fsp3) is 0.235. The molecular weight excluding hydrogens is 288 g/mol. The Morgan fingerprint density at radius 3 is 2.52 bits per heavy atom. The quantitative estimate of drug-likeness (QED) is 0.784. The third kappa shape index (κ3) is 4.23. The first-order valence-corrected chi connectivity index (χ1v) is 7.00. The Morgan fingerprint density at radius 2 is 1.90 bits per heavy atom. The van der Waals surface area contributed by atoms with Crippen molar-refractivity contribution in [1.82, 2.24) is 0 Å². The molecule has 0 saturated heterocycles. The molecule has 2 rings (SSSR count). The fourth-order valence-corrected chi connectivity index (χ4v) is 2.16. The fourth-order valence-electron chi connectivity index (χ4n) is 1.98. The van der Waals surface area contributed by atoms with E-state index in [1.54, 1.807) is 24.3 Å². The monoisotopic (exact) mass is 304 g/mol. The molecule has 0 aliphatic heterocycles. The van der Waals surface area contributed by atoms with Crippen LogP contribution in [0.5, 0.6) is 5.75 Å². The van der Waals surface area contributed by atoms with Gasteiger partial charge in [0, 0.05) is 5.02 Å². The lowest BCUT2D eigenvalue weighted by Gasteiger charge is -2.16. The standard InChI is InChI=1S/C17H17ClO3/c1-12-6-8-13(9-7-12)16(17(19)20-2)11-21-15-5-3-4-14(18)10-15/h3-10,16H,11H2,1-2H3. The highest BCUT2D eigenvalue weighted by molar-refractivity contribution is 6.30. The Morgan fingerprint density at radius 1 is 1.19 bits per heavy atom. The Hall–Kier alpha value is -2.00. The van der Waals surface area contributed by atoms with Crippen molar-refractivity contribution in [2.24, 2.45) is 0 Å². The molecule has 21 heavy (non-hydrogen) atoms. The van der Waals surface area contributed by atoms with Gasteiger partial charge in [0.1, 0.15) is 18.3 Å². The normalized spacial score (nSPS) is 11.8. The van der Waals surface area contributed by atoms with Gasteiger partial charge in [0.15, 0.2) is 0 Å². The van der Waals surface area contributed by atoms with Gasteiger partial charge in [0.2, 0.25) is 0 Å². The summed E-state index contributed by atoms with van der Waals surface area (Å²) >= 11 is 5.91. The summed E-state index contributed by atoms with van der Waals surface area (Å²) in [5, 5.41) is 0.595. The number of carbonyl (C=O) groups excluding carboxylic acids is 1. The number of ether oxygens (including phenoxy) is 2. The topological polar surface area (TPSA) is 35.5 Å². The molecule has 2 aromatic rings. The minimum Gasteiger partial charge on any atom is -0.492 e. The van der Waals surface area contributed by atoms with Crippen molar-refractivity contribution < 1.29 is 14.3 Å². The Bertz CT molecular complexity index is 608. The van der Waals surface area contributed by atoms with Gasteiger partial charge < -0.3 is 9.47 Å². The number of methoxy groups -OCH3 is 1. The van der Waals surface area contributed by atoms with E-state index in [1.165, 1.54) is 7.11 Å². The number of halogens is 1. The van der Waals surface area contributed by atoms with E-state index in [9.17, 15) is 4.79 Å². The van der Waals surface area contributed by atoms with Crippen LogP contribution < -0.4 is 4.74 Å². The smallest absolute Gasteiger partial charge is 0.316 e. The lowest BCUT2D eigenvalue weighted by atomic mass is 9.99. The zero-order chi connectivity index (χ0) is 15.2. The minimum atomic E-state index is -0.463. The third-order valence-electron chi connectivity index (χ3n) is 3.18. The third-order valence-corrected chi connectivity index (χ3v) is 3.41. The highest BCUT2D eigenvalue weighted by atomic mass is 35.5. The molecule has 0 heterocycles. The van der Waals surface area contributed by atoms with E-state index in [2.05, 4.69) is 0 Å². The van der Waals surface area contributed by atoms with Crippen molar-refractivity contribution in [3.8, 4) is 5.75 Å². The second kappa shape index (κ2) is 7.14. The van der Waals surface area contributed by atoms with Crippen molar-refractivity contribution in [3.05, 3.63) is 64.7 Å². The zero-order valence-electron chi connectivity index (χ0n) is 12.0. The highest BCUT2D eigenvalue weighted by Gasteiger charge is 2.22. The molecule has 0 N–H and O–H groups in total. The van der Waals surface area contributed by atoms with Gasteiger partial charge in [0.25, 0.3) is 0 Å². The summed E-state index contributed by atoms with van der Waals surface area (Å²) in [5.74, 6) is -0.154. The van der Waals surface area contributed by atoms with Crippen LogP contribution in [0.1, 0.15) is 17.0 Å². The van der Waals surface area contributed by atoms with E-state index in [-0.39, 0.29) is 12.6 Å². The number of esters is 1. The number of carbonyl (C=O) groups is 1. The van der Waals surface area contributed by atoms with E-state index in [4.69, 9.17) is 21.1 Å². The van der Waals surface area contributed by atoms with Crippen molar-refractivity contribution >= 4 is 17.6 Å². The average Bonchev–Trinajstić information content (AvgIpc) is 2.49. The van der Waals surface area contributed by atoms with Crippen LogP contribution in [0.3, 0.4) is 0 Å². The van der Waals surface area contributed by atoms with Crippen LogP contribution in [-0.2, 0) is 9.53 Å². The number of benzene rings is 2. The molecule has 0 aliphatic carbocycles. The predicted molar refractivity (Wildman–Crippen MR) is 82.9 cm³/mol. The molecule has 4 heteroatoms. The van der Waals surface area contributed by atoms with Crippen LogP contribution in [0.15, 0.2) is 48.5 Å². The maximum Gasteiger partial charge on any atom is 0.316 e. The minimum absolute atomic E-state index is 0.204. The zero-order valence-corrected chi connectivity index (χ0v) is 12.8. The van der Waals surface area contributed by atoms with Crippen LogP contribution in [0, 0.1) is 6.92 Å². The molecule has 1 unspecified atom stereocenters. The predicted octanol–water partition coefficient (Wildman–Crippen LogP) is 3.98. The van der Waals surface area contributed by atoms with Gasteiger partial charge in [-0.1, -0.05) is 47.5 Å². The first-order valence-electron chi connectivity index (χ1n) is 6.63. The van der Waals surface area contributed by atoms with Gasteiger partial charge in [-0.05, 0) is 30.7 Å². The average molecular weight is 305 g/mol. The lowest BCUT2D eigenvalue weighted by molar-refractivity contribution is -0.143. The van der Waals surface area contributed by atoms with Gasteiger partial charge in [-0.15, -0.1) is 0 Å². The number of hydrogen-bond donors (Lipinski definition) is 0. The first-order chi connectivity index (χ1) is 10.1. The summed E-state index contributed by atoms with van der Waals surface area (Å²) in [4.78, 5) is 12.0. The van der Waals surface area contributed by atoms with E-state index < -0.39 is 5.92 Å².